The van der Waals surface area contributed by atoms with Gasteiger partial charge in [0, 0.05) is 18.8 Å². The van der Waals surface area contributed by atoms with Crippen molar-refractivity contribution in [2.45, 2.75) is 31.1 Å². The van der Waals surface area contributed by atoms with Crippen molar-refractivity contribution < 1.29 is 22.7 Å². The summed E-state index contributed by atoms with van der Waals surface area (Å²) in [4.78, 5) is 24.0. The molecule has 1 heterocycles. The van der Waals surface area contributed by atoms with Crippen LogP contribution in [0.25, 0.3) is 0 Å². The predicted octanol–water partition coefficient (Wildman–Crippen LogP) is 2.50. The van der Waals surface area contributed by atoms with Gasteiger partial charge in [-0.1, -0.05) is 29.8 Å². The summed E-state index contributed by atoms with van der Waals surface area (Å²) in [5.41, 5.74) is 2.35. The Morgan fingerprint density at radius 2 is 1.62 bits per heavy atom. The van der Waals surface area contributed by atoms with Crippen LogP contribution in [0.1, 0.15) is 24.0 Å². The van der Waals surface area contributed by atoms with E-state index in [0.29, 0.717) is 18.8 Å². The van der Waals surface area contributed by atoms with Crippen LogP contribution in [-0.2, 0) is 30.8 Å². The van der Waals surface area contributed by atoms with Crippen LogP contribution in [0.4, 0.5) is 5.69 Å². The first kappa shape index (κ1) is 21.0. The highest BCUT2D eigenvalue weighted by atomic mass is 32.2. The Morgan fingerprint density at radius 3 is 2.24 bits per heavy atom. The van der Waals surface area contributed by atoms with Crippen LogP contribution in [0.5, 0.6) is 0 Å². The van der Waals surface area contributed by atoms with Crippen LogP contribution in [0.15, 0.2) is 53.4 Å². The second-order valence-corrected chi connectivity index (χ2v) is 8.94. The van der Waals surface area contributed by atoms with E-state index in [2.05, 4.69) is 5.32 Å². The lowest BCUT2D eigenvalue weighted by Crippen LogP contribution is -2.27. The SMILES string of the molecule is Cc1ccc(CC(=O)OCC(=O)Nc2ccc(S(=O)(=O)N3CCCC3)cc2)cc1. The maximum Gasteiger partial charge on any atom is 0.310 e. The lowest BCUT2D eigenvalue weighted by Gasteiger charge is -2.15. The molecule has 1 aliphatic heterocycles. The van der Waals surface area contributed by atoms with Crippen molar-refractivity contribution in [1.29, 1.82) is 0 Å². The van der Waals surface area contributed by atoms with Crippen molar-refractivity contribution in [2.75, 3.05) is 25.0 Å². The Morgan fingerprint density at radius 1 is 1.00 bits per heavy atom. The summed E-state index contributed by atoms with van der Waals surface area (Å²) in [6.45, 7) is 2.63. The summed E-state index contributed by atoms with van der Waals surface area (Å²) in [5, 5.41) is 2.59. The maximum absolute atomic E-state index is 12.5. The molecule has 0 aromatic heterocycles. The molecule has 0 unspecified atom stereocenters. The zero-order valence-electron chi connectivity index (χ0n) is 16.3. The molecule has 0 radical (unpaired) electrons. The molecule has 2 aromatic carbocycles. The van der Waals surface area contributed by atoms with Crippen LogP contribution in [0, 0.1) is 6.92 Å². The Labute approximate surface area is 170 Å². The predicted molar refractivity (Wildman–Crippen MR) is 109 cm³/mol. The summed E-state index contributed by atoms with van der Waals surface area (Å²) in [6, 6.07) is 13.5. The smallest absolute Gasteiger partial charge is 0.310 e. The lowest BCUT2D eigenvalue weighted by molar-refractivity contribution is -0.146. The van der Waals surface area contributed by atoms with Crippen molar-refractivity contribution in [3.8, 4) is 0 Å². The summed E-state index contributed by atoms with van der Waals surface area (Å²) in [6.07, 6.45) is 1.84. The number of carbonyl (C=O) groups is 2. The second kappa shape index (κ2) is 9.19. The Kier molecular flexibility index (Phi) is 6.66. The average molecular weight is 416 g/mol. The number of ether oxygens (including phenoxy) is 1. The molecule has 1 aliphatic rings. The summed E-state index contributed by atoms with van der Waals surface area (Å²) in [7, 11) is -3.49. The van der Waals surface area contributed by atoms with Gasteiger partial charge in [-0.2, -0.15) is 4.31 Å². The topological polar surface area (TPSA) is 92.8 Å². The molecule has 0 saturated carbocycles. The van der Waals surface area contributed by atoms with E-state index >= 15 is 0 Å². The number of rotatable bonds is 7. The largest absolute Gasteiger partial charge is 0.455 e. The fraction of sp³-hybridized carbons (Fsp3) is 0.333. The first-order valence-corrected chi connectivity index (χ1v) is 10.9. The minimum atomic E-state index is -3.49. The fourth-order valence-corrected chi connectivity index (χ4v) is 4.57. The van der Waals surface area contributed by atoms with Crippen LogP contribution in [-0.4, -0.2) is 44.3 Å². The van der Waals surface area contributed by atoms with E-state index in [0.717, 1.165) is 24.0 Å². The number of amides is 1. The Hall–Kier alpha value is -2.71. The number of anilines is 1. The highest BCUT2D eigenvalue weighted by Gasteiger charge is 2.26. The van der Waals surface area contributed by atoms with E-state index in [9.17, 15) is 18.0 Å². The number of nitrogens with zero attached hydrogens (tertiary/aromatic N) is 1. The number of sulfonamides is 1. The van der Waals surface area contributed by atoms with E-state index < -0.39 is 28.5 Å². The molecule has 1 fully saturated rings. The summed E-state index contributed by atoms with van der Waals surface area (Å²) < 4.78 is 31.5. The van der Waals surface area contributed by atoms with Gasteiger partial charge < -0.3 is 10.1 Å². The average Bonchev–Trinajstić information content (AvgIpc) is 3.24. The minimum Gasteiger partial charge on any atom is -0.455 e. The first-order chi connectivity index (χ1) is 13.8. The van der Waals surface area contributed by atoms with Gasteiger partial charge in [-0.3, -0.25) is 9.59 Å². The van der Waals surface area contributed by atoms with Gasteiger partial charge in [0.25, 0.3) is 5.91 Å². The summed E-state index contributed by atoms with van der Waals surface area (Å²) >= 11 is 0. The molecule has 7 nitrogen and oxygen atoms in total. The molecule has 0 aliphatic carbocycles. The van der Waals surface area contributed by atoms with E-state index in [4.69, 9.17) is 4.74 Å². The van der Waals surface area contributed by atoms with E-state index in [-0.39, 0.29) is 11.3 Å². The third-order valence-electron chi connectivity index (χ3n) is 4.67. The normalized spacial score (nSPS) is 14.5. The number of aryl methyl sites for hydroxylation is 1. The number of hydrogen-bond acceptors (Lipinski definition) is 5. The van der Waals surface area contributed by atoms with Gasteiger partial charge in [-0.05, 0) is 49.6 Å². The van der Waals surface area contributed by atoms with Crippen LogP contribution in [0.3, 0.4) is 0 Å². The lowest BCUT2D eigenvalue weighted by atomic mass is 10.1. The van der Waals surface area contributed by atoms with E-state index in [1.165, 1.54) is 28.6 Å². The molecule has 3 rings (SSSR count). The number of esters is 1. The quantitative estimate of drug-likeness (QED) is 0.700. The Balaban J connectivity index is 1.49. The minimum absolute atomic E-state index is 0.0939. The zero-order valence-corrected chi connectivity index (χ0v) is 17.1. The van der Waals surface area contributed by atoms with Gasteiger partial charge in [0.15, 0.2) is 6.61 Å². The maximum atomic E-state index is 12.5. The molecule has 0 bridgehead atoms. The monoisotopic (exact) mass is 416 g/mol. The first-order valence-electron chi connectivity index (χ1n) is 9.46. The Bertz CT molecular complexity index is 963. The van der Waals surface area contributed by atoms with Gasteiger partial charge in [-0.25, -0.2) is 8.42 Å². The highest BCUT2D eigenvalue weighted by Crippen LogP contribution is 2.22. The highest BCUT2D eigenvalue weighted by molar-refractivity contribution is 7.89. The number of benzene rings is 2. The molecule has 154 valence electrons. The summed E-state index contributed by atoms with van der Waals surface area (Å²) in [5.74, 6) is -0.978. The zero-order chi connectivity index (χ0) is 20.9. The van der Waals surface area contributed by atoms with Crippen molar-refractivity contribution >= 4 is 27.6 Å². The van der Waals surface area contributed by atoms with E-state index in [1.807, 2.05) is 31.2 Å². The molecule has 1 N–H and O–H groups in total. The number of hydrogen-bond donors (Lipinski definition) is 1. The van der Waals surface area contributed by atoms with Crippen molar-refractivity contribution in [2.24, 2.45) is 0 Å². The molecule has 0 atom stereocenters. The van der Waals surface area contributed by atoms with Gasteiger partial charge in [0.1, 0.15) is 0 Å². The van der Waals surface area contributed by atoms with Gasteiger partial charge in [0.05, 0.1) is 11.3 Å². The van der Waals surface area contributed by atoms with Crippen molar-refractivity contribution in [3.05, 3.63) is 59.7 Å². The molecule has 1 amide bonds. The van der Waals surface area contributed by atoms with Crippen molar-refractivity contribution in [1.82, 2.24) is 4.31 Å². The molecule has 8 heteroatoms. The van der Waals surface area contributed by atoms with Crippen molar-refractivity contribution in [3.63, 3.8) is 0 Å². The number of nitrogens with one attached hydrogen (secondary N) is 1. The molecule has 29 heavy (non-hydrogen) atoms. The third kappa shape index (κ3) is 5.65. The van der Waals surface area contributed by atoms with Gasteiger partial charge >= 0.3 is 5.97 Å². The van der Waals surface area contributed by atoms with E-state index in [1.54, 1.807) is 0 Å². The van der Waals surface area contributed by atoms with Gasteiger partial charge in [-0.15, -0.1) is 0 Å². The molecular weight excluding hydrogens is 392 g/mol. The van der Waals surface area contributed by atoms with Crippen LogP contribution in [0.2, 0.25) is 0 Å². The second-order valence-electron chi connectivity index (χ2n) is 7.01. The molecule has 2 aromatic rings. The van der Waals surface area contributed by atoms with Gasteiger partial charge in [0.2, 0.25) is 10.0 Å². The van der Waals surface area contributed by atoms with Crippen LogP contribution < -0.4 is 5.32 Å². The molecule has 1 saturated heterocycles. The third-order valence-corrected chi connectivity index (χ3v) is 6.59. The molecular formula is C21H24N2O5S. The standard InChI is InChI=1S/C21H24N2O5S/c1-16-4-6-17(7-5-16)14-21(25)28-15-20(24)22-18-8-10-19(11-9-18)29(26,27)23-12-2-3-13-23/h4-11H,2-3,12-15H2,1H3,(H,22,24). The fourth-order valence-electron chi connectivity index (χ4n) is 3.05. The number of carbonyl (C=O) groups excluding carboxylic acids is 2. The molecule has 0 spiro atoms. The van der Waals surface area contributed by atoms with Crippen LogP contribution >= 0.6 is 0 Å².